The summed E-state index contributed by atoms with van der Waals surface area (Å²) in [7, 11) is 0. The fourth-order valence-electron chi connectivity index (χ4n) is 7.39. The molecule has 0 aromatic heterocycles. The Kier molecular flexibility index (Phi) is 48.4. The zero-order valence-corrected chi connectivity index (χ0v) is 40.9. The highest BCUT2D eigenvalue weighted by molar-refractivity contribution is 5.71. The number of hydrogen-bond donors (Lipinski definition) is 0. The molecular formula is C56H98O6. The molecule has 6 nitrogen and oxygen atoms in total. The average Bonchev–Trinajstić information content (AvgIpc) is 3.27. The Bertz CT molecular complexity index is 1130. The lowest BCUT2D eigenvalue weighted by molar-refractivity contribution is -0.167. The first kappa shape index (κ1) is 59.1. The summed E-state index contributed by atoms with van der Waals surface area (Å²) in [6, 6.07) is 0. The van der Waals surface area contributed by atoms with Gasteiger partial charge in [0.2, 0.25) is 0 Å². The largest absolute Gasteiger partial charge is 0.462 e. The smallest absolute Gasteiger partial charge is 0.306 e. The van der Waals surface area contributed by atoms with Crippen molar-refractivity contribution >= 4 is 17.9 Å². The van der Waals surface area contributed by atoms with Crippen LogP contribution in [-0.2, 0) is 28.6 Å². The van der Waals surface area contributed by atoms with Crippen LogP contribution in [0.5, 0.6) is 0 Å². The SMILES string of the molecule is CC\C=C/C=C\C=C/C=C\CCCCCC(=O)OCC(COC(=O)CCCCCCCCCCCCCCCCCCC)OC(=O)CCCCC/C=C\CCCCCCCCC. The summed E-state index contributed by atoms with van der Waals surface area (Å²) in [6.07, 6.45) is 62.1. The Morgan fingerprint density at radius 1 is 0.339 bits per heavy atom. The van der Waals surface area contributed by atoms with E-state index in [0.29, 0.717) is 19.3 Å². The van der Waals surface area contributed by atoms with Gasteiger partial charge >= 0.3 is 17.9 Å². The van der Waals surface area contributed by atoms with Gasteiger partial charge in [0.05, 0.1) is 0 Å². The molecule has 62 heavy (non-hydrogen) atoms. The summed E-state index contributed by atoms with van der Waals surface area (Å²) < 4.78 is 16.8. The third kappa shape index (κ3) is 48.1. The van der Waals surface area contributed by atoms with Gasteiger partial charge in [0.25, 0.3) is 0 Å². The van der Waals surface area contributed by atoms with Gasteiger partial charge < -0.3 is 14.2 Å². The number of hydrogen-bond acceptors (Lipinski definition) is 6. The van der Waals surface area contributed by atoms with Crippen LogP contribution in [0.25, 0.3) is 0 Å². The maximum atomic E-state index is 12.8. The first-order valence-corrected chi connectivity index (χ1v) is 26.3. The van der Waals surface area contributed by atoms with Crippen molar-refractivity contribution in [3.05, 3.63) is 60.8 Å². The number of ether oxygens (including phenoxy) is 3. The lowest BCUT2D eigenvalue weighted by Crippen LogP contribution is -2.30. The predicted molar refractivity (Wildman–Crippen MR) is 265 cm³/mol. The van der Waals surface area contributed by atoms with E-state index in [-0.39, 0.29) is 31.1 Å². The molecule has 0 aliphatic heterocycles. The fourth-order valence-corrected chi connectivity index (χ4v) is 7.39. The standard InChI is InChI=1S/C56H98O6/c1-4-7-10-13-16-19-22-25-27-28-29-32-34-37-40-43-46-49-55(58)61-52-53(51-60-54(57)48-45-42-39-36-33-30-24-21-18-15-12-9-6-3)62-56(59)50-47-44-41-38-35-31-26-23-20-17-14-11-8-5-2/h9,12,15,18,21,24,30-31,33,35,53H,4-8,10-11,13-14,16-17,19-20,22-23,25-29,32,34,36-52H2,1-3H3/b12-9-,18-15-,24-21-,33-30-,35-31-. The van der Waals surface area contributed by atoms with Crippen molar-refractivity contribution in [2.24, 2.45) is 0 Å². The number of carbonyl (C=O) groups is 3. The molecule has 0 aromatic rings. The van der Waals surface area contributed by atoms with Gasteiger partial charge in [0.15, 0.2) is 6.10 Å². The van der Waals surface area contributed by atoms with E-state index in [0.717, 1.165) is 83.5 Å². The molecule has 1 unspecified atom stereocenters. The monoisotopic (exact) mass is 867 g/mol. The molecule has 0 saturated heterocycles. The molecule has 0 N–H and O–H groups in total. The van der Waals surface area contributed by atoms with E-state index in [9.17, 15) is 14.4 Å². The molecule has 1 atom stereocenters. The molecule has 0 spiro atoms. The minimum absolute atomic E-state index is 0.0909. The summed E-state index contributed by atoms with van der Waals surface area (Å²) >= 11 is 0. The Balaban J connectivity index is 4.41. The zero-order chi connectivity index (χ0) is 45.1. The van der Waals surface area contributed by atoms with Crippen LogP contribution >= 0.6 is 0 Å². The van der Waals surface area contributed by atoms with Crippen molar-refractivity contribution in [1.82, 2.24) is 0 Å². The van der Waals surface area contributed by atoms with Crippen LogP contribution in [0.4, 0.5) is 0 Å². The van der Waals surface area contributed by atoms with Crippen LogP contribution in [0, 0.1) is 0 Å². The Hall–Kier alpha value is -2.89. The molecule has 0 aliphatic carbocycles. The van der Waals surface area contributed by atoms with E-state index in [1.165, 1.54) is 135 Å². The highest BCUT2D eigenvalue weighted by Crippen LogP contribution is 2.16. The van der Waals surface area contributed by atoms with Gasteiger partial charge in [-0.15, -0.1) is 0 Å². The molecular weight excluding hydrogens is 769 g/mol. The van der Waals surface area contributed by atoms with Crippen molar-refractivity contribution < 1.29 is 28.6 Å². The number of allylic oxidation sites excluding steroid dienone is 10. The van der Waals surface area contributed by atoms with Crippen molar-refractivity contribution in [2.45, 2.75) is 264 Å². The quantitative estimate of drug-likeness (QED) is 0.0199. The molecule has 0 amide bonds. The maximum absolute atomic E-state index is 12.8. The van der Waals surface area contributed by atoms with Gasteiger partial charge in [-0.05, 0) is 64.2 Å². The number of rotatable bonds is 47. The molecule has 6 heteroatoms. The van der Waals surface area contributed by atoms with E-state index in [1.54, 1.807) is 0 Å². The van der Waals surface area contributed by atoms with Crippen LogP contribution in [0.2, 0.25) is 0 Å². The summed E-state index contributed by atoms with van der Waals surface area (Å²) in [5.74, 6) is -0.941. The third-order valence-electron chi connectivity index (χ3n) is 11.4. The minimum Gasteiger partial charge on any atom is -0.462 e. The molecule has 0 saturated carbocycles. The topological polar surface area (TPSA) is 78.9 Å². The molecule has 0 radical (unpaired) electrons. The van der Waals surface area contributed by atoms with E-state index < -0.39 is 6.10 Å². The Labute approximate surface area is 383 Å². The lowest BCUT2D eigenvalue weighted by Gasteiger charge is -2.18. The number of carbonyl (C=O) groups excluding carboxylic acids is 3. The molecule has 0 rings (SSSR count). The molecule has 0 fully saturated rings. The van der Waals surface area contributed by atoms with Gasteiger partial charge in [0.1, 0.15) is 13.2 Å². The second kappa shape index (κ2) is 50.8. The van der Waals surface area contributed by atoms with E-state index in [1.807, 2.05) is 30.4 Å². The molecule has 0 bridgehead atoms. The van der Waals surface area contributed by atoms with Crippen molar-refractivity contribution in [3.8, 4) is 0 Å². The number of unbranched alkanes of at least 4 members (excludes halogenated alkanes) is 29. The second-order valence-corrected chi connectivity index (χ2v) is 17.5. The summed E-state index contributed by atoms with van der Waals surface area (Å²) in [5.41, 5.74) is 0. The van der Waals surface area contributed by atoms with Crippen LogP contribution in [0.15, 0.2) is 60.8 Å². The Morgan fingerprint density at radius 2 is 0.645 bits per heavy atom. The van der Waals surface area contributed by atoms with Crippen LogP contribution in [0.1, 0.15) is 258 Å². The molecule has 0 aliphatic rings. The van der Waals surface area contributed by atoms with Gasteiger partial charge in [-0.1, -0.05) is 236 Å². The maximum Gasteiger partial charge on any atom is 0.306 e. The predicted octanol–water partition coefficient (Wildman–Crippen LogP) is 17.3. The van der Waals surface area contributed by atoms with Gasteiger partial charge in [-0.2, -0.15) is 0 Å². The molecule has 0 aromatic carbocycles. The fraction of sp³-hybridized carbons (Fsp3) is 0.768. The van der Waals surface area contributed by atoms with Crippen molar-refractivity contribution in [1.29, 1.82) is 0 Å². The summed E-state index contributed by atoms with van der Waals surface area (Å²) in [6.45, 7) is 6.46. The van der Waals surface area contributed by atoms with E-state index >= 15 is 0 Å². The van der Waals surface area contributed by atoms with Crippen LogP contribution in [0.3, 0.4) is 0 Å². The first-order chi connectivity index (χ1) is 30.5. The van der Waals surface area contributed by atoms with Crippen molar-refractivity contribution in [3.63, 3.8) is 0 Å². The summed E-state index contributed by atoms with van der Waals surface area (Å²) in [5, 5.41) is 0. The first-order valence-electron chi connectivity index (χ1n) is 26.3. The highest BCUT2D eigenvalue weighted by atomic mass is 16.6. The van der Waals surface area contributed by atoms with E-state index in [2.05, 4.69) is 51.2 Å². The van der Waals surface area contributed by atoms with Crippen LogP contribution in [-0.4, -0.2) is 37.2 Å². The molecule has 358 valence electrons. The Morgan fingerprint density at radius 3 is 1.05 bits per heavy atom. The summed E-state index contributed by atoms with van der Waals surface area (Å²) in [4.78, 5) is 38.0. The number of esters is 3. The van der Waals surface area contributed by atoms with Gasteiger partial charge in [-0.25, -0.2) is 0 Å². The average molecular weight is 867 g/mol. The normalized spacial score (nSPS) is 12.5. The molecule has 0 heterocycles. The minimum atomic E-state index is -0.795. The lowest BCUT2D eigenvalue weighted by atomic mass is 10.0. The van der Waals surface area contributed by atoms with Crippen LogP contribution < -0.4 is 0 Å². The van der Waals surface area contributed by atoms with Gasteiger partial charge in [-0.3, -0.25) is 14.4 Å². The highest BCUT2D eigenvalue weighted by Gasteiger charge is 2.19. The second-order valence-electron chi connectivity index (χ2n) is 17.5. The van der Waals surface area contributed by atoms with E-state index in [4.69, 9.17) is 14.2 Å². The zero-order valence-electron chi connectivity index (χ0n) is 40.9. The van der Waals surface area contributed by atoms with Gasteiger partial charge in [0, 0.05) is 19.3 Å². The van der Waals surface area contributed by atoms with Crippen molar-refractivity contribution in [2.75, 3.05) is 13.2 Å². The third-order valence-corrected chi connectivity index (χ3v) is 11.4.